The van der Waals surface area contributed by atoms with Gasteiger partial charge in [-0.2, -0.15) is 5.10 Å². The number of anilines is 1. The Morgan fingerprint density at radius 2 is 1.87 bits per heavy atom. The van der Waals surface area contributed by atoms with E-state index in [1.807, 2.05) is 17.9 Å². The van der Waals surface area contributed by atoms with E-state index in [1.165, 1.54) is 11.3 Å². The van der Waals surface area contributed by atoms with Crippen LogP contribution in [0.3, 0.4) is 0 Å². The molecule has 160 valence electrons. The van der Waals surface area contributed by atoms with Gasteiger partial charge in [-0.1, -0.05) is 18.2 Å². The number of amides is 2. The number of carbonyl (C=O) groups excluding carboxylic acids is 2. The molecule has 8 nitrogen and oxygen atoms in total. The highest BCUT2D eigenvalue weighted by atomic mass is 16.5. The molecule has 1 aromatic heterocycles. The average Bonchev–Trinajstić information content (AvgIpc) is 3.20. The van der Waals surface area contributed by atoms with Crippen molar-refractivity contribution in [3.63, 3.8) is 0 Å². The molecule has 0 unspecified atom stereocenters. The second-order valence-corrected chi connectivity index (χ2v) is 7.80. The van der Waals surface area contributed by atoms with Gasteiger partial charge in [-0.15, -0.1) is 0 Å². The summed E-state index contributed by atoms with van der Waals surface area (Å²) in [6, 6.07) is 8.34. The van der Waals surface area contributed by atoms with Gasteiger partial charge in [-0.25, -0.2) is 0 Å². The maximum atomic E-state index is 13.2. The van der Waals surface area contributed by atoms with Crippen molar-refractivity contribution in [2.75, 3.05) is 50.8 Å². The summed E-state index contributed by atoms with van der Waals surface area (Å²) in [7, 11) is 0. The van der Waals surface area contributed by atoms with Crippen LogP contribution >= 0.6 is 0 Å². The van der Waals surface area contributed by atoms with Crippen LogP contribution in [0.15, 0.2) is 24.3 Å². The monoisotopic (exact) mass is 411 g/mol. The largest absolute Gasteiger partial charge is 0.372 e. The SMILES string of the molecule is CCOCC(=O)N1CCc2[nH]nc(C(=O)N3CCN(c4ccccc4C)CC3)c2C1. The molecular weight excluding hydrogens is 382 g/mol. The third-order valence-corrected chi connectivity index (χ3v) is 5.94. The normalized spacial score (nSPS) is 16.5. The molecule has 3 heterocycles. The Labute approximate surface area is 176 Å². The highest BCUT2D eigenvalue weighted by Gasteiger charge is 2.31. The van der Waals surface area contributed by atoms with E-state index in [1.54, 1.807) is 4.90 Å². The molecule has 0 saturated carbocycles. The van der Waals surface area contributed by atoms with Gasteiger partial charge in [0.15, 0.2) is 5.69 Å². The van der Waals surface area contributed by atoms with E-state index >= 15 is 0 Å². The number of benzene rings is 1. The van der Waals surface area contributed by atoms with Gasteiger partial charge in [0, 0.05) is 69.2 Å². The van der Waals surface area contributed by atoms with Crippen molar-refractivity contribution in [3.05, 3.63) is 46.8 Å². The lowest BCUT2D eigenvalue weighted by molar-refractivity contribution is -0.136. The third-order valence-electron chi connectivity index (χ3n) is 5.94. The van der Waals surface area contributed by atoms with Crippen LogP contribution in [-0.4, -0.2) is 77.7 Å². The first-order chi connectivity index (χ1) is 14.6. The van der Waals surface area contributed by atoms with Crippen LogP contribution in [0.4, 0.5) is 5.69 Å². The molecule has 0 bridgehead atoms. The van der Waals surface area contributed by atoms with Gasteiger partial charge in [0.1, 0.15) is 6.61 Å². The Kier molecular flexibility index (Phi) is 6.03. The van der Waals surface area contributed by atoms with E-state index in [-0.39, 0.29) is 18.4 Å². The molecule has 0 radical (unpaired) electrons. The standard InChI is InChI=1S/C22H29N5O3/c1-3-30-15-20(28)27-9-8-18-17(14-27)21(24-23-18)22(29)26-12-10-25(11-13-26)19-7-5-4-6-16(19)2/h4-7H,3,8-15H2,1-2H3,(H,23,24). The molecule has 2 aromatic rings. The fourth-order valence-corrected chi connectivity index (χ4v) is 4.18. The average molecular weight is 412 g/mol. The fraction of sp³-hybridized carbons (Fsp3) is 0.500. The number of carbonyl (C=O) groups is 2. The van der Waals surface area contributed by atoms with Gasteiger partial charge in [0.2, 0.25) is 5.91 Å². The number of para-hydroxylation sites is 1. The summed E-state index contributed by atoms with van der Waals surface area (Å²) in [5.74, 6) is -0.106. The molecule has 4 rings (SSSR count). The third kappa shape index (κ3) is 4.05. The summed E-state index contributed by atoms with van der Waals surface area (Å²) >= 11 is 0. The van der Waals surface area contributed by atoms with E-state index in [0.29, 0.717) is 44.9 Å². The van der Waals surface area contributed by atoms with Gasteiger partial charge in [0.05, 0.1) is 0 Å². The van der Waals surface area contributed by atoms with E-state index in [0.717, 1.165) is 24.3 Å². The minimum atomic E-state index is -0.0592. The molecule has 8 heteroatoms. The van der Waals surface area contributed by atoms with Gasteiger partial charge in [-0.3, -0.25) is 14.7 Å². The predicted molar refractivity (Wildman–Crippen MR) is 113 cm³/mol. The number of rotatable bonds is 5. The smallest absolute Gasteiger partial charge is 0.274 e. The molecule has 2 aliphatic rings. The quantitative estimate of drug-likeness (QED) is 0.808. The number of H-pyrrole nitrogens is 1. The Bertz CT molecular complexity index is 917. The van der Waals surface area contributed by atoms with Crippen molar-refractivity contribution in [1.82, 2.24) is 20.0 Å². The van der Waals surface area contributed by atoms with Gasteiger partial charge < -0.3 is 19.4 Å². The lowest BCUT2D eigenvalue weighted by Crippen LogP contribution is -2.49. The second kappa shape index (κ2) is 8.87. The van der Waals surface area contributed by atoms with Crippen LogP contribution in [0, 0.1) is 6.92 Å². The Balaban J connectivity index is 1.42. The number of nitrogens with one attached hydrogen (secondary N) is 1. The van der Waals surface area contributed by atoms with E-state index in [2.05, 4.69) is 40.2 Å². The Hall–Kier alpha value is -2.87. The number of nitrogens with zero attached hydrogens (tertiary/aromatic N) is 4. The maximum Gasteiger partial charge on any atom is 0.274 e. The van der Waals surface area contributed by atoms with Crippen molar-refractivity contribution in [2.24, 2.45) is 0 Å². The van der Waals surface area contributed by atoms with E-state index < -0.39 is 0 Å². The van der Waals surface area contributed by atoms with E-state index in [4.69, 9.17) is 4.74 Å². The van der Waals surface area contributed by atoms with Crippen LogP contribution in [0.1, 0.15) is 34.2 Å². The minimum Gasteiger partial charge on any atom is -0.372 e. The number of hydrogen-bond acceptors (Lipinski definition) is 5. The Morgan fingerprint density at radius 1 is 1.10 bits per heavy atom. The zero-order chi connectivity index (χ0) is 21.1. The van der Waals surface area contributed by atoms with Gasteiger partial charge in [-0.05, 0) is 25.5 Å². The first-order valence-electron chi connectivity index (χ1n) is 10.6. The highest BCUT2D eigenvalue weighted by molar-refractivity contribution is 5.94. The zero-order valence-electron chi connectivity index (χ0n) is 17.7. The van der Waals surface area contributed by atoms with Crippen LogP contribution in [0.25, 0.3) is 0 Å². The summed E-state index contributed by atoms with van der Waals surface area (Å²) in [4.78, 5) is 31.5. The summed E-state index contributed by atoms with van der Waals surface area (Å²) in [5, 5.41) is 7.33. The minimum absolute atomic E-state index is 0.0473. The van der Waals surface area contributed by atoms with Crippen molar-refractivity contribution in [3.8, 4) is 0 Å². The van der Waals surface area contributed by atoms with Gasteiger partial charge >= 0.3 is 0 Å². The molecule has 30 heavy (non-hydrogen) atoms. The summed E-state index contributed by atoms with van der Waals surface area (Å²) in [6.45, 7) is 8.48. The molecule has 0 aliphatic carbocycles. The Morgan fingerprint density at radius 3 is 2.60 bits per heavy atom. The number of ether oxygens (including phenoxy) is 1. The van der Waals surface area contributed by atoms with Crippen LogP contribution in [0.5, 0.6) is 0 Å². The molecule has 1 saturated heterocycles. The number of aromatic nitrogens is 2. The molecule has 1 N–H and O–H groups in total. The highest BCUT2D eigenvalue weighted by Crippen LogP contribution is 2.24. The van der Waals surface area contributed by atoms with Crippen LogP contribution in [0.2, 0.25) is 0 Å². The van der Waals surface area contributed by atoms with Crippen molar-refractivity contribution < 1.29 is 14.3 Å². The van der Waals surface area contributed by atoms with Crippen LogP contribution < -0.4 is 4.90 Å². The second-order valence-electron chi connectivity index (χ2n) is 7.80. The number of hydrogen-bond donors (Lipinski definition) is 1. The molecule has 0 atom stereocenters. The predicted octanol–water partition coefficient (Wildman–Crippen LogP) is 1.60. The number of fused-ring (bicyclic) bond motifs is 1. The summed E-state index contributed by atoms with van der Waals surface area (Å²) in [6.07, 6.45) is 0.675. The number of aromatic amines is 1. The van der Waals surface area contributed by atoms with E-state index in [9.17, 15) is 9.59 Å². The first kappa shape index (κ1) is 20.4. The molecule has 1 fully saturated rings. The van der Waals surface area contributed by atoms with Crippen molar-refractivity contribution in [1.29, 1.82) is 0 Å². The lowest BCUT2D eigenvalue weighted by Gasteiger charge is -2.36. The molecule has 2 amide bonds. The maximum absolute atomic E-state index is 13.2. The lowest BCUT2D eigenvalue weighted by atomic mass is 10.0. The number of piperazine rings is 1. The van der Waals surface area contributed by atoms with Crippen LogP contribution in [-0.2, 0) is 22.5 Å². The van der Waals surface area contributed by atoms with Gasteiger partial charge in [0.25, 0.3) is 5.91 Å². The topological polar surface area (TPSA) is 81.8 Å². The summed E-state index contributed by atoms with van der Waals surface area (Å²) < 4.78 is 5.25. The summed E-state index contributed by atoms with van der Waals surface area (Å²) in [5.41, 5.74) is 4.72. The molecule has 0 spiro atoms. The molecule has 1 aromatic carbocycles. The molecular formula is C22H29N5O3. The molecule has 2 aliphatic heterocycles. The number of aryl methyl sites for hydroxylation is 1. The van der Waals surface area contributed by atoms with Crippen molar-refractivity contribution in [2.45, 2.75) is 26.8 Å². The fourth-order valence-electron chi connectivity index (χ4n) is 4.18. The first-order valence-corrected chi connectivity index (χ1v) is 10.6. The zero-order valence-corrected chi connectivity index (χ0v) is 17.7. The van der Waals surface area contributed by atoms with Crippen molar-refractivity contribution >= 4 is 17.5 Å².